The molecule has 0 aliphatic carbocycles. The zero-order chi connectivity index (χ0) is 20.8. The molecule has 152 valence electrons. The molecule has 0 aliphatic rings. The van der Waals surface area contributed by atoms with Gasteiger partial charge in [0, 0.05) is 30.7 Å². The van der Waals surface area contributed by atoms with Crippen molar-refractivity contribution in [2.75, 3.05) is 20.3 Å². The molecule has 10 heteroatoms. The summed E-state index contributed by atoms with van der Waals surface area (Å²) < 4.78 is 13.8. The number of rotatable bonds is 8. The number of para-hydroxylation sites is 1. The number of methoxy groups -OCH3 is 1. The van der Waals surface area contributed by atoms with Gasteiger partial charge in [-0.25, -0.2) is 0 Å². The molecule has 0 spiro atoms. The van der Waals surface area contributed by atoms with Gasteiger partial charge in [-0.1, -0.05) is 28.7 Å². The van der Waals surface area contributed by atoms with Gasteiger partial charge in [0.25, 0.3) is 5.91 Å². The minimum atomic E-state index is -0.458. The molecule has 2 heterocycles. The third-order valence-electron chi connectivity index (χ3n) is 3.87. The Labute approximate surface area is 174 Å². The Hall–Kier alpha value is -2.82. The first-order valence-corrected chi connectivity index (χ1v) is 10.4. The lowest BCUT2D eigenvalue weighted by molar-refractivity contribution is -0.380. The molecule has 1 aromatic carbocycles. The van der Waals surface area contributed by atoms with Crippen molar-refractivity contribution >= 4 is 49.9 Å². The summed E-state index contributed by atoms with van der Waals surface area (Å²) in [5.74, 6) is 0.282. The van der Waals surface area contributed by atoms with Crippen molar-refractivity contribution in [3.05, 3.63) is 56.2 Å². The summed E-state index contributed by atoms with van der Waals surface area (Å²) in [6.07, 6.45) is 2.84. The average Bonchev–Trinajstić information content (AvgIpc) is 3.30. The SMILES string of the molecule is CCOc1cccc2sc(=NC(=O)/C=C/c3ccc([N+](=O)[O-])s3)n(CCOC)c12. The van der Waals surface area contributed by atoms with Gasteiger partial charge in [0.1, 0.15) is 11.3 Å². The van der Waals surface area contributed by atoms with Crippen LogP contribution in [0.1, 0.15) is 11.8 Å². The summed E-state index contributed by atoms with van der Waals surface area (Å²) in [6, 6.07) is 8.75. The third kappa shape index (κ3) is 4.97. The van der Waals surface area contributed by atoms with Gasteiger partial charge in [0.05, 0.1) is 22.8 Å². The number of amides is 1. The lowest BCUT2D eigenvalue weighted by atomic mass is 10.3. The number of thiazole rings is 1. The van der Waals surface area contributed by atoms with Crippen LogP contribution in [0.15, 0.2) is 41.4 Å². The number of hydrogen-bond donors (Lipinski definition) is 0. The maximum absolute atomic E-state index is 12.4. The van der Waals surface area contributed by atoms with Crippen molar-refractivity contribution in [3.8, 4) is 5.75 Å². The van der Waals surface area contributed by atoms with E-state index in [0.717, 1.165) is 27.3 Å². The number of carbonyl (C=O) groups is 1. The lowest BCUT2D eigenvalue weighted by Crippen LogP contribution is -2.19. The Balaban J connectivity index is 1.96. The first-order valence-electron chi connectivity index (χ1n) is 8.78. The fourth-order valence-corrected chi connectivity index (χ4v) is 4.46. The van der Waals surface area contributed by atoms with Crippen LogP contribution in [0, 0.1) is 10.1 Å². The summed E-state index contributed by atoms with van der Waals surface area (Å²) in [5, 5.41) is 10.8. The Bertz CT molecular complexity index is 1130. The molecule has 0 saturated carbocycles. The van der Waals surface area contributed by atoms with Crippen molar-refractivity contribution in [1.29, 1.82) is 0 Å². The van der Waals surface area contributed by atoms with Crippen LogP contribution < -0.4 is 9.54 Å². The minimum Gasteiger partial charge on any atom is -0.492 e. The molecule has 3 rings (SSSR count). The van der Waals surface area contributed by atoms with E-state index < -0.39 is 10.8 Å². The Morgan fingerprint density at radius 1 is 1.31 bits per heavy atom. The van der Waals surface area contributed by atoms with E-state index in [1.54, 1.807) is 13.2 Å². The number of thiophene rings is 1. The van der Waals surface area contributed by atoms with E-state index in [9.17, 15) is 14.9 Å². The van der Waals surface area contributed by atoms with Crippen LogP contribution in [0.5, 0.6) is 5.75 Å². The Morgan fingerprint density at radius 2 is 2.14 bits per heavy atom. The van der Waals surface area contributed by atoms with Crippen LogP contribution in [-0.4, -0.2) is 35.7 Å². The Kier molecular flexibility index (Phi) is 6.91. The smallest absolute Gasteiger partial charge is 0.324 e. The molecule has 29 heavy (non-hydrogen) atoms. The summed E-state index contributed by atoms with van der Waals surface area (Å²) in [5.41, 5.74) is 0.876. The number of benzene rings is 1. The minimum absolute atomic E-state index is 0.0272. The molecule has 0 atom stereocenters. The zero-order valence-corrected chi connectivity index (χ0v) is 17.5. The molecule has 2 aromatic heterocycles. The fourth-order valence-electron chi connectivity index (χ4n) is 2.66. The van der Waals surface area contributed by atoms with Gasteiger partial charge < -0.3 is 14.0 Å². The van der Waals surface area contributed by atoms with Crippen LogP contribution in [-0.2, 0) is 16.1 Å². The van der Waals surface area contributed by atoms with E-state index in [1.807, 2.05) is 29.7 Å². The molecule has 0 fully saturated rings. The van der Waals surface area contributed by atoms with Crippen LogP contribution in [0.4, 0.5) is 5.00 Å². The number of aromatic nitrogens is 1. The highest BCUT2D eigenvalue weighted by Crippen LogP contribution is 2.28. The number of ether oxygens (including phenoxy) is 2. The van der Waals surface area contributed by atoms with Gasteiger partial charge in [-0.15, -0.1) is 0 Å². The lowest BCUT2D eigenvalue weighted by Gasteiger charge is -2.09. The number of nitrogens with zero attached hydrogens (tertiary/aromatic N) is 3. The Morgan fingerprint density at radius 3 is 2.83 bits per heavy atom. The molecule has 0 N–H and O–H groups in total. The van der Waals surface area contributed by atoms with Gasteiger partial charge in [-0.2, -0.15) is 4.99 Å². The highest BCUT2D eigenvalue weighted by Gasteiger charge is 2.12. The molecule has 1 amide bonds. The third-order valence-corrected chi connectivity index (χ3v) is 5.92. The molecule has 8 nitrogen and oxygen atoms in total. The average molecular weight is 434 g/mol. The van der Waals surface area contributed by atoms with E-state index in [0.29, 0.717) is 29.4 Å². The summed E-state index contributed by atoms with van der Waals surface area (Å²) in [4.78, 5) is 28.1. The normalized spacial score (nSPS) is 12.1. The van der Waals surface area contributed by atoms with E-state index in [-0.39, 0.29) is 5.00 Å². The first kappa shape index (κ1) is 20.9. The van der Waals surface area contributed by atoms with Crippen LogP contribution in [0.2, 0.25) is 0 Å². The fraction of sp³-hybridized carbons (Fsp3) is 0.263. The van der Waals surface area contributed by atoms with Gasteiger partial charge >= 0.3 is 5.00 Å². The van der Waals surface area contributed by atoms with Crippen LogP contribution >= 0.6 is 22.7 Å². The van der Waals surface area contributed by atoms with E-state index in [2.05, 4.69) is 4.99 Å². The van der Waals surface area contributed by atoms with Crippen molar-refractivity contribution in [2.45, 2.75) is 13.5 Å². The summed E-state index contributed by atoms with van der Waals surface area (Å²) >= 11 is 2.39. The second-order valence-electron chi connectivity index (χ2n) is 5.78. The molecule has 0 bridgehead atoms. The highest BCUT2D eigenvalue weighted by atomic mass is 32.1. The maximum Gasteiger partial charge on any atom is 0.324 e. The van der Waals surface area contributed by atoms with E-state index >= 15 is 0 Å². The van der Waals surface area contributed by atoms with Crippen LogP contribution in [0.25, 0.3) is 16.3 Å². The molecule has 0 radical (unpaired) electrons. The second-order valence-corrected chi connectivity index (χ2v) is 7.88. The van der Waals surface area contributed by atoms with Crippen molar-refractivity contribution < 1.29 is 19.2 Å². The number of fused-ring (bicyclic) bond motifs is 1. The number of carbonyl (C=O) groups excluding carboxylic acids is 1. The standard InChI is InChI=1S/C19H19N3O5S2/c1-3-27-14-5-4-6-15-18(14)21(11-12-26-2)19(29-15)20-16(23)9-7-13-8-10-17(28-13)22(24)25/h4-10H,3,11-12H2,1-2H3/b9-7+,20-19?. The second kappa shape index (κ2) is 9.59. The van der Waals surface area contributed by atoms with E-state index in [4.69, 9.17) is 9.47 Å². The monoisotopic (exact) mass is 433 g/mol. The molecular formula is C19H19N3O5S2. The highest BCUT2D eigenvalue weighted by molar-refractivity contribution is 7.16. The zero-order valence-electron chi connectivity index (χ0n) is 15.9. The van der Waals surface area contributed by atoms with Crippen molar-refractivity contribution in [2.24, 2.45) is 4.99 Å². The molecular weight excluding hydrogens is 414 g/mol. The predicted octanol–water partition coefficient (Wildman–Crippen LogP) is 3.86. The quantitative estimate of drug-likeness (QED) is 0.305. The van der Waals surface area contributed by atoms with E-state index in [1.165, 1.54) is 29.6 Å². The van der Waals surface area contributed by atoms with Gasteiger partial charge in [-0.3, -0.25) is 14.9 Å². The molecule has 0 aliphatic heterocycles. The van der Waals surface area contributed by atoms with Gasteiger partial charge in [0.2, 0.25) is 0 Å². The molecule has 3 aromatic rings. The largest absolute Gasteiger partial charge is 0.492 e. The molecule has 0 saturated heterocycles. The summed E-state index contributed by atoms with van der Waals surface area (Å²) in [7, 11) is 1.61. The maximum atomic E-state index is 12.4. The number of nitro groups is 1. The number of hydrogen-bond acceptors (Lipinski definition) is 7. The van der Waals surface area contributed by atoms with Crippen molar-refractivity contribution in [3.63, 3.8) is 0 Å². The topological polar surface area (TPSA) is 96.0 Å². The first-order chi connectivity index (χ1) is 14.0. The summed E-state index contributed by atoms with van der Waals surface area (Å²) in [6.45, 7) is 3.43. The van der Waals surface area contributed by atoms with Gasteiger partial charge in [-0.05, 0) is 31.2 Å². The van der Waals surface area contributed by atoms with Crippen molar-refractivity contribution in [1.82, 2.24) is 4.57 Å². The van der Waals surface area contributed by atoms with Crippen LogP contribution in [0.3, 0.4) is 0 Å². The van der Waals surface area contributed by atoms with Gasteiger partial charge in [0.15, 0.2) is 4.80 Å². The predicted molar refractivity (Wildman–Crippen MR) is 113 cm³/mol. The molecule has 0 unspecified atom stereocenters.